The number of hydrogen-bond acceptors (Lipinski definition) is 4. The van der Waals surface area contributed by atoms with E-state index in [0.29, 0.717) is 24.1 Å². The molecule has 2 N–H and O–H groups in total. The van der Waals surface area contributed by atoms with Gasteiger partial charge in [0.25, 0.3) is 0 Å². The molecule has 32 heavy (non-hydrogen) atoms. The van der Waals surface area contributed by atoms with Gasteiger partial charge in [-0.05, 0) is 18.4 Å². The van der Waals surface area contributed by atoms with Crippen LogP contribution in [0.3, 0.4) is 0 Å². The van der Waals surface area contributed by atoms with Crippen LogP contribution in [0.4, 0.5) is 8.78 Å². The molecule has 8 heteroatoms. The minimum Gasteiger partial charge on any atom is -1.00 e. The van der Waals surface area contributed by atoms with E-state index in [4.69, 9.17) is 4.74 Å². The van der Waals surface area contributed by atoms with Crippen LogP contribution in [0.2, 0.25) is 0 Å². The molecule has 5 nitrogen and oxygen atoms in total. The lowest BCUT2D eigenvalue weighted by Gasteiger charge is -2.32. The highest BCUT2D eigenvalue weighted by Gasteiger charge is 2.54. The summed E-state index contributed by atoms with van der Waals surface area (Å²) in [5.74, 6) is -3.97. The Balaban J connectivity index is 0.00000363. The van der Waals surface area contributed by atoms with Crippen LogP contribution in [0.15, 0.2) is 42.7 Å². The van der Waals surface area contributed by atoms with Crippen molar-refractivity contribution in [2.45, 2.75) is 64.1 Å². The van der Waals surface area contributed by atoms with Gasteiger partial charge in [-0.25, -0.2) is 13.6 Å². The minimum absolute atomic E-state index is 0. The second-order valence-corrected chi connectivity index (χ2v) is 9.32. The van der Waals surface area contributed by atoms with E-state index < -0.39 is 29.8 Å². The van der Waals surface area contributed by atoms with Crippen molar-refractivity contribution in [1.82, 2.24) is 4.90 Å². The molecule has 1 fully saturated rings. The number of aliphatic hydroxyl groups is 1. The van der Waals surface area contributed by atoms with Gasteiger partial charge in [0, 0.05) is 38.1 Å². The van der Waals surface area contributed by atoms with Gasteiger partial charge in [0.2, 0.25) is 5.92 Å². The second-order valence-electron chi connectivity index (χ2n) is 9.32. The average Bonchev–Trinajstić information content (AvgIpc) is 3.27. The fraction of sp³-hybridized carbons (Fsp3) is 0.625. The van der Waals surface area contributed by atoms with Gasteiger partial charge >= 0.3 is 5.97 Å². The van der Waals surface area contributed by atoms with Crippen LogP contribution in [0.1, 0.15) is 52.0 Å². The first-order valence-electron chi connectivity index (χ1n) is 11.3. The predicted molar refractivity (Wildman–Crippen MR) is 114 cm³/mol. The Kier molecular flexibility index (Phi) is 9.25. The van der Waals surface area contributed by atoms with Crippen molar-refractivity contribution in [3.8, 4) is 0 Å². The van der Waals surface area contributed by atoms with Gasteiger partial charge < -0.3 is 31.7 Å². The zero-order valence-electron chi connectivity index (χ0n) is 19.1. The van der Waals surface area contributed by atoms with Gasteiger partial charge in [0.05, 0.1) is 19.4 Å². The maximum Gasteiger partial charge on any atom is 0.343 e. The summed E-state index contributed by atoms with van der Waals surface area (Å²) >= 11 is 0. The molecule has 0 aromatic heterocycles. The summed E-state index contributed by atoms with van der Waals surface area (Å²) in [6, 6.07) is 8.33. The van der Waals surface area contributed by atoms with Gasteiger partial charge in [-0.1, -0.05) is 44.2 Å². The zero-order valence-corrected chi connectivity index (χ0v) is 20.7. The molecular formula is C24H35BrF2N2O3. The molecule has 1 aromatic carbocycles. The predicted octanol–water partition coefficient (Wildman–Crippen LogP) is -0.0794. The number of hydrogen-bond donors (Lipinski definition) is 2. The van der Waals surface area contributed by atoms with E-state index in [1.165, 1.54) is 4.90 Å². The fourth-order valence-electron chi connectivity index (χ4n) is 4.69. The van der Waals surface area contributed by atoms with E-state index in [2.05, 4.69) is 38.1 Å². The van der Waals surface area contributed by atoms with E-state index in [-0.39, 0.29) is 36.4 Å². The van der Waals surface area contributed by atoms with Crippen molar-refractivity contribution < 1.29 is 45.3 Å². The van der Waals surface area contributed by atoms with Crippen molar-refractivity contribution in [3.05, 3.63) is 48.3 Å². The summed E-state index contributed by atoms with van der Waals surface area (Å²) in [6.07, 6.45) is 4.39. The Bertz CT molecular complexity index is 778. The Morgan fingerprint density at radius 1 is 1.34 bits per heavy atom. The maximum atomic E-state index is 13.9. The van der Waals surface area contributed by atoms with Crippen molar-refractivity contribution in [2.24, 2.45) is 11.8 Å². The van der Waals surface area contributed by atoms with Gasteiger partial charge in [0.15, 0.2) is 11.8 Å². The average molecular weight is 517 g/mol. The lowest BCUT2D eigenvalue weighted by molar-refractivity contribution is -0.878. The van der Waals surface area contributed by atoms with E-state index in [1.54, 1.807) is 30.3 Å². The van der Waals surface area contributed by atoms with Crippen molar-refractivity contribution in [2.75, 3.05) is 19.7 Å². The molecule has 0 radical (unpaired) electrons. The highest BCUT2D eigenvalue weighted by Crippen LogP contribution is 2.47. The molecule has 3 rings (SSSR count). The van der Waals surface area contributed by atoms with Crippen LogP contribution >= 0.6 is 0 Å². The number of quaternary nitrogens is 1. The van der Waals surface area contributed by atoms with E-state index >= 15 is 0 Å². The molecule has 180 valence electrons. The third-order valence-electron chi connectivity index (χ3n) is 6.47. The van der Waals surface area contributed by atoms with Gasteiger partial charge in [-0.3, -0.25) is 4.90 Å². The fourth-order valence-corrected chi connectivity index (χ4v) is 4.69. The third-order valence-corrected chi connectivity index (χ3v) is 6.47. The summed E-state index contributed by atoms with van der Waals surface area (Å²) in [5.41, 5.74) is -1.74. The van der Waals surface area contributed by atoms with Gasteiger partial charge in [-0.15, -0.1) is 0 Å². The largest absolute Gasteiger partial charge is 1.00 e. The highest BCUT2D eigenvalue weighted by atomic mass is 79.9. The van der Waals surface area contributed by atoms with Gasteiger partial charge in [0.1, 0.15) is 6.20 Å². The molecule has 1 saturated carbocycles. The molecule has 2 aliphatic rings. The molecule has 1 heterocycles. The molecule has 0 bridgehead atoms. The molecule has 0 saturated heterocycles. The molecule has 1 aliphatic heterocycles. The second kappa shape index (κ2) is 11.1. The SMILES string of the molecule is CC(C)C[NH+]1C=CN(CCCOC(=O)[C@](O)(c2ccccc2)[C@@H]2CCC(F)(F)C2)C1C.[Br-]. The number of carbonyl (C=O) groups excluding carboxylic acids is 1. The van der Waals surface area contributed by atoms with Gasteiger partial charge in [-0.2, -0.15) is 0 Å². The number of halogens is 3. The summed E-state index contributed by atoms with van der Waals surface area (Å²) in [4.78, 5) is 16.6. The van der Waals surface area contributed by atoms with Crippen LogP contribution in [-0.4, -0.2) is 47.8 Å². The molecular weight excluding hydrogens is 482 g/mol. The third kappa shape index (κ3) is 6.08. The molecule has 1 aromatic rings. The first kappa shape index (κ1) is 26.7. The van der Waals surface area contributed by atoms with E-state index in [1.807, 2.05) is 0 Å². The summed E-state index contributed by atoms with van der Waals surface area (Å²) < 4.78 is 33.1. The number of nitrogens with one attached hydrogen (secondary N) is 1. The van der Waals surface area contributed by atoms with Crippen molar-refractivity contribution in [3.63, 3.8) is 0 Å². The van der Waals surface area contributed by atoms with Crippen LogP contribution in [0.5, 0.6) is 0 Å². The number of ether oxygens (including phenoxy) is 1. The Morgan fingerprint density at radius 3 is 2.62 bits per heavy atom. The standard InChI is InChI=1S/C24H34F2N2O3.BrH/c1-18(2)17-28-14-13-27(19(28)3)12-7-15-31-22(29)24(30,20-8-5-4-6-9-20)21-10-11-23(25,26)16-21;/h4-6,8-9,13-14,18-19,21,30H,7,10-12,15-17H2,1-3H3;1H/t19?,21-,24+;/m1./s1. The number of carbonyl (C=O) groups is 1. The Labute approximate surface area is 200 Å². The van der Waals surface area contributed by atoms with Crippen LogP contribution < -0.4 is 21.9 Å². The first-order chi connectivity index (χ1) is 14.6. The van der Waals surface area contributed by atoms with E-state index in [9.17, 15) is 18.7 Å². The van der Waals surface area contributed by atoms with Crippen LogP contribution in [-0.2, 0) is 15.1 Å². The molecule has 2 unspecified atom stereocenters. The number of rotatable bonds is 9. The van der Waals surface area contributed by atoms with E-state index in [0.717, 1.165) is 13.1 Å². The zero-order chi connectivity index (χ0) is 22.6. The molecule has 1 aliphatic carbocycles. The number of nitrogens with zero attached hydrogens (tertiary/aromatic N) is 1. The number of esters is 1. The monoisotopic (exact) mass is 516 g/mol. The first-order valence-corrected chi connectivity index (χ1v) is 11.3. The summed E-state index contributed by atoms with van der Waals surface area (Å²) in [6.45, 7) is 8.47. The molecule has 0 amide bonds. The summed E-state index contributed by atoms with van der Waals surface area (Å²) in [7, 11) is 0. The van der Waals surface area contributed by atoms with Crippen molar-refractivity contribution in [1.29, 1.82) is 0 Å². The highest BCUT2D eigenvalue weighted by molar-refractivity contribution is 5.81. The number of benzene rings is 1. The van der Waals surface area contributed by atoms with Crippen molar-refractivity contribution >= 4 is 5.97 Å². The molecule has 0 spiro atoms. The Morgan fingerprint density at radius 2 is 2.03 bits per heavy atom. The lowest BCUT2D eigenvalue weighted by atomic mass is 9.80. The normalized spacial score (nSPS) is 26.1. The van der Waals surface area contributed by atoms with Crippen LogP contribution in [0.25, 0.3) is 0 Å². The molecule has 4 atom stereocenters. The smallest absolute Gasteiger partial charge is 0.343 e. The van der Waals surface area contributed by atoms with Crippen LogP contribution in [0, 0.1) is 11.8 Å². The lowest BCUT2D eigenvalue weighted by Crippen LogP contribution is -3.11. The Hall–Kier alpha value is -1.51. The maximum absolute atomic E-state index is 13.9. The number of alkyl halides is 2. The summed E-state index contributed by atoms with van der Waals surface area (Å²) in [5, 5.41) is 11.3. The minimum atomic E-state index is -2.86. The topological polar surface area (TPSA) is 54.2 Å². The quantitative estimate of drug-likeness (QED) is 0.356.